The molecule has 1 heterocycles. The lowest BCUT2D eigenvalue weighted by Gasteiger charge is -2.28. The summed E-state index contributed by atoms with van der Waals surface area (Å²) in [5.41, 5.74) is 1.35. The highest BCUT2D eigenvalue weighted by Gasteiger charge is 2.21. The zero-order chi connectivity index (χ0) is 20.5. The second-order valence-electron chi connectivity index (χ2n) is 8.34. The number of likely N-dealkylation sites (tertiary alicyclic amines) is 1. The molecule has 2 atom stereocenters. The molecule has 0 radical (unpaired) electrons. The number of carbonyl (C=O) groups excluding carboxylic acids is 2. The van der Waals surface area contributed by atoms with E-state index >= 15 is 0 Å². The van der Waals surface area contributed by atoms with Crippen LogP contribution in [0.4, 0.5) is 10.5 Å². The Balaban J connectivity index is 1.38. The van der Waals surface area contributed by atoms with Gasteiger partial charge >= 0.3 is 6.03 Å². The zero-order valence-electron chi connectivity index (χ0n) is 17.6. The Morgan fingerprint density at radius 1 is 1.00 bits per heavy atom. The summed E-state index contributed by atoms with van der Waals surface area (Å²) in [6.45, 7) is 4.93. The third-order valence-electron chi connectivity index (χ3n) is 6.04. The quantitative estimate of drug-likeness (QED) is 0.693. The van der Waals surface area contributed by atoms with E-state index in [1.54, 1.807) is 24.3 Å². The molecule has 0 unspecified atom stereocenters. The lowest BCUT2D eigenvalue weighted by Crippen LogP contribution is -2.34. The first-order valence-corrected chi connectivity index (χ1v) is 11.2. The van der Waals surface area contributed by atoms with Gasteiger partial charge in [-0.05, 0) is 55.9 Å². The average molecular weight is 402 g/mol. The molecule has 1 saturated heterocycles. The van der Waals surface area contributed by atoms with Gasteiger partial charge in [0.05, 0.1) is 12.7 Å². The average Bonchev–Trinajstić information content (AvgIpc) is 3.02. The molecular weight excluding hydrogens is 366 g/mol. The van der Waals surface area contributed by atoms with Gasteiger partial charge in [-0.15, -0.1) is 0 Å². The Morgan fingerprint density at radius 2 is 1.69 bits per heavy atom. The van der Waals surface area contributed by atoms with E-state index in [2.05, 4.69) is 17.6 Å². The van der Waals surface area contributed by atoms with E-state index in [0.717, 1.165) is 32.4 Å². The van der Waals surface area contributed by atoms with Gasteiger partial charge < -0.3 is 20.3 Å². The molecular formula is C23H35N3O3. The van der Waals surface area contributed by atoms with Crippen molar-refractivity contribution in [3.05, 3.63) is 29.8 Å². The number of ether oxygens (including phenoxy) is 1. The molecule has 29 heavy (non-hydrogen) atoms. The molecule has 0 aromatic heterocycles. The third kappa shape index (κ3) is 6.74. The van der Waals surface area contributed by atoms with Crippen LogP contribution in [0.5, 0.6) is 0 Å². The summed E-state index contributed by atoms with van der Waals surface area (Å²) in [5, 5.41) is 5.65. The van der Waals surface area contributed by atoms with Gasteiger partial charge in [-0.25, -0.2) is 4.79 Å². The van der Waals surface area contributed by atoms with E-state index in [1.165, 1.54) is 32.1 Å². The fraction of sp³-hybridized carbons (Fsp3) is 0.652. The first-order chi connectivity index (χ1) is 14.1. The van der Waals surface area contributed by atoms with Crippen molar-refractivity contribution in [3.8, 4) is 0 Å². The third-order valence-corrected chi connectivity index (χ3v) is 6.04. The molecule has 1 saturated carbocycles. The molecule has 1 aliphatic carbocycles. The first-order valence-electron chi connectivity index (χ1n) is 11.2. The number of nitrogens with one attached hydrogen (secondary N) is 2. The standard InChI is InChI=1S/C23H35N3O3/c1-18-8-4-5-9-21(18)29-17-14-24-23(28)25-20-12-10-19(11-13-20)22(27)26-15-6-2-3-7-16-26/h10-13,18,21H,2-9,14-17H2,1H3,(H2,24,25,28)/t18-,21+/m0/s1. The van der Waals surface area contributed by atoms with Gasteiger partial charge in [-0.2, -0.15) is 0 Å². The van der Waals surface area contributed by atoms with Crippen LogP contribution in [0.3, 0.4) is 0 Å². The topological polar surface area (TPSA) is 70.7 Å². The molecule has 6 heteroatoms. The van der Waals surface area contributed by atoms with Crippen LogP contribution in [0.15, 0.2) is 24.3 Å². The maximum atomic E-state index is 12.6. The molecule has 3 rings (SSSR count). The highest BCUT2D eigenvalue weighted by molar-refractivity contribution is 5.95. The molecule has 2 N–H and O–H groups in total. The number of hydrogen-bond acceptors (Lipinski definition) is 3. The van der Waals surface area contributed by atoms with Crippen LogP contribution in [-0.2, 0) is 4.74 Å². The highest BCUT2D eigenvalue weighted by Crippen LogP contribution is 2.26. The molecule has 160 valence electrons. The number of urea groups is 1. The molecule has 0 bridgehead atoms. The normalized spacial score (nSPS) is 22.6. The van der Waals surface area contributed by atoms with Crippen molar-refractivity contribution in [2.24, 2.45) is 5.92 Å². The summed E-state index contributed by atoms with van der Waals surface area (Å²) in [6, 6.07) is 6.89. The summed E-state index contributed by atoms with van der Waals surface area (Å²) < 4.78 is 5.92. The second kappa shape index (κ2) is 11.2. The summed E-state index contributed by atoms with van der Waals surface area (Å²) >= 11 is 0. The van der Waals surface area contributed by atoms with Gasteiger partial charge in [0.1, 0.15) is 0 Å². The van der Waals surface area contributed by atoms with E-state index < -0.39 is 0 Å². The smallest absolute Gasteiger partial charge is 0.319 e. The Bertz CT molecular complexity index is 654. The first kappa shape index (κ1) is 21.6. The van der Waals surface area contributed by atoms with Crippen LogP contribution in [0.2, 0.25) is 0 Å². The van der Waals surface area contributed by atoms with Crippen LogP contribution < -0.4 is 10.6 Å². The number of anilines is 1. The minimum Gasteiger partial charge on any atom is -0.376 e. The van der Waals surface area contributed by atoms with Crippen molar-refractivity contribution in [2.45, 2.75) is 64.4 Å². The fourth-order valence-electron chi connectivity index (χ4n) is 4.23. The van der Waals surface area contributed by atoms with E-state index in [1.807, 2.05) is 4.90 Å². The largest absolute Gasteiger partial charge is 0.376 e. The van der Waals surface area contributed by atoms with Gasteiger partial charge in [-0.1, -0.05) is 32.6 Å². The number of amides is 3. The van der Waals surface area contributed by atoms with Gasteiger partial charge in [0.15, 0.2) is 0 Å². The molecule has 2 fully saturated rings. The predicted molar refractivity (Wildman–Crippen MR) is 115 cm³/mol. The van der Waals surface area contributed by atoms with Crippen molar-refractivity contribution in [3.63, 3.8) is 0 Å². The second-order valence-corrected chi connectivity index (χ2v) is 8.34. The predicted octanol–water partition coefficient (Wildman–Crippen LogP) is 4.42. The Hall–Kier alpha value is -2.08. The summed E-state index contributed by atoms with van der Waals surface area (Å²) in [6.07, 6.45) is 9.76. The van der Waals surface area contributed by atoms with E-state index in [4.69, 9.17) is 4.74 Å². The van der Waals surface area contributed by atoms with Gasteiger partial charge in [0, 0.05) is 30.9 Å². The van der Waals surface area contributed by atoms with Gasteiger partial charge in [-0.3, -0.25) is 4.79 Å². The van der Waals surface area contributed by atoms with Crippen molar-refractivity contribution < 1.29 is 14.3 Å². The molecule has 1 aromatic carbocycles. The van der Waals surface area contributed by atoms with E-state index in [0.29, 0.717) is 36.4 Å². The number of carbonyl (C=O) groups is 2. The van der Waals surface area contributed by atoms with Crippen LogP contribution in [0.25, 0.3) is 0 Å². The molecule has 6 nitrogen and oxygen atoms in total. The number of hydrogen-bond donors (Lipinski definition) is 2. The monoisotopic (exact) mass is 401 g/mol. The van der Waals surface area contributed by atoms with Crippen molar-refractivity contribution in [1.29, 1.82) is 0 Å². The number of rotatable bonds is 6. The van der Waals surface area contributed by atoms with Crippen molar-refractivity contribution in [2.75, 3.05) is 31.6 Å². The van der Waals surface area contributed by atoms with Gasteiger partial charge in [0.25, 0.3) is 5.91 Å². The highest BCUT2D eigenvalue weighted by atomic mass is 16.5. The molecule has 2 aliphatic rings. The van der Waals surface area contributed by atoms with E-state index in [-0.39, 0.29) is 11.9 Å². The zero-order valence-corrected chi connectivity index (χ0v) is 17.6. The molecule has 3 amide bonds. The number of benzene rings is 1. The van der Waals surface area contributed by atoms with Crippen molar-refractivity contribution in [1.82, 2.24) is 10.2 Å². The molecule has 0 spiro atoms. The van der Waals surface area contributed by atoms with Crippen LogP contribution >= 0.6 is 0 Å². The minimum absolute atomic E-state index is 0.0805. The fourth-order valence-corrected chi connectivity index (χ4v) is 4.23. The maximum Gasteiger partial charge on any atom is 0.319 e. The van der Waals surface area contributed by atoms with Crippen molar-refractivity contribution >= 4 is 17.6 Å². The summed E-state index contributed by atoms with van der Waals surface area (Å²) in [5.74, 6) is 0.685. The molecule has 1 aromatic rings. The van der Waals surface area contributed by atoms with Crippen LogP contribution in [0, 0.1) is 5.92 Å². The Labute approximate surface area is 174 Å². The Kier molecular flexibility index (Phi) is 8.35. The lowest BCUT2D eigenvalue weighted by atomic mass is 9.88. The minimum atomic E-state index is -0.253. The van der Waals surface area contributed by atoms with Crippen LogP contribution in [-0.4, -0.2) is 49.2 Å². The van der Waals surface area contributed by atoms with Crippen LogP contribution in [0.1, 0.15) is 68.6 Å². The SMILES string of the molecule is C[C@H]1CCCC[C@H]1OCCNC(=O)Nc1ccc(C(=O)N2CCCCCC2)cc1. The van der Waals surface area contributed by atoms with E-state index in [9.17, 15) is 9.59 Å². The maximum absolute atomic E-state index is 12.6. The Morgan fingerprint density at radius 3 is 2.38 bits per heavy atom. The van der Waals surface area contributed by atoms with Gasteiger partial charge in [0.2, 0.25) is 0 Å². The number of nitrogens with zero attached hydrogens (tertiary/aromatic N) is 1. The summed E-state index contributed by atoms with van der Waals surface area (Å²) in [4.78, 5) is 26.6. The lowest BCUT2D eigenvalue weighted by molar-refractivity contribution is -0.00232. The summed E-state index contributed by atoms with van der Waals surface area (Å²) in [7, 11) is 0. The molecule has 1 aliphatic heterocycles.